The zero-order valence-electron chi connectivity index (χ0n) is 11.2. The lowest BCUT2D eigenvalue weighted by Gasteiger charge is -2.23. The summed E-state index contributed by atoms with van der Waals surface area (Å²) < 4.78 is 2.31. The number of halogens is 1. The molecule has 0 saturated heterocycles. The summed E-state index contributed by atoms with van der Waals surface area (Å²) in [6.45, 7) is 6.70. The van der Waals surface area contributed by atoms with Crippen LogP contribution in [0.3, 0.4) is 0 Å². The van der Waals surface area contributed by atoms with Crippen molar-refractivity contribution in [3.05, 3.63) is 47.1 Å². The highest BCUT2D eigenvalue weighted by Crippen LogP contribution is 2.32. The van der Waals surface area contributed by atoms with Crippen LogP contribution in [0.4, 0.5) is 0 Å². The fourth-order valence-corrected chi connectivity index (χ4v) is 2.74. The highest BCUT2D eigenvalue weighted by atomic mass is 35.5. The normalized spacial score (nSPS) is 11.8. The smallest absolute Gasteiger partial charge is 0.0793 e. The van der Waals surface area contributed by atoms with E-state index in [4.69, 9.17) is 11.6 Å². The van der Waals surface area contributed by atoms with Gasteiger partial charge in [-0.15, -0.1) is 11.8 Å². The maximum absolute atomic E-state index is 5.96. The molecule has 2 rings (SSSR count). The first-order valence-electron chi connectivity index (χ1n) is 5.95. The molecule has 0 radical (unpaired) electrons. The maximum Gasteiger partial charge on any atom is 0.0793 e. The fraction of sp³-hybridized carbons (Fsp3) is 0.333. The molecule has 0 N–H and O–H groups in total. The monoisotopic (exact) mass is 279 g/mol. The summed E-state index contributed by atoms with van der Waals surface area (Å²) in [5, 5.41) is 2.02. The molecule has 1 aromatic carbocycles. The Morgan fingerprint density at radius 1 is 1.00 bits per heavy atom. The minimum absolute atomic E-state index is 0.119. The Bertz CT molecular complexity index is 535. The van der Waals surface area contributed by atoms with Gasteiger partial charge in [-0.2, -0.15) is 0 Å². The summed E-state index contributed by atoms with van der Waals surface area (Å²) in [5.74, 6) is 0. The van der Waals surface area contributed by atoms with Crippen LogP contribution in [-0.4, -0.2) is 10.8 Å². The van der Waals surface area contributed by atoms with E-state index in [0.717, 1.165) is 5.02 Å². The molecule has 18 heavy (non-hydrogen) atoms. The fourth-order valence-electron chi connectivity index (χ4n) is 2.02. The number of hydrogen-bond donors (Lipinski definition) is 0. The minimum atomic E-state index is 0.119. The first-order chi connectivity index (χ1) is 8.43. The van der Waals surface area contributed by atoms with E-state index in [2.05, 4.69) is 55.9 Å². The topological polar surface area (TPSA) is 4.93 Å². The van der Waals surface area contributed by atoms with Crippen LogP contribution in [0.25, 0.3) is 5.69 Å². The molecule has 0 aliphatic heterocycles. The van der Waals surface area contributed by atoms with E-state index < -0.39 is 0 Å². The van der Waals surface area contributed by atoms with Gasteiger partial charge in [0.1, 0.15) is 0 Å². The number of rotatable bonds is 2. The molecular formula is C15H18ClNS. The van der Waals surface area contributed by atoms with E-state index in [1.165, 1.54) is 16.4 Å². The minimum Gasteiger partial charge on any atom is -0.308 e. The predicted molar refractivity (Wildman–Crippen MR) is 81.3 cm³/mol. The molecular weight excluding hydrogens is 262 g/mol. The van der Waals surface area contributed by atoms with Gasteiger partial charge in [0.15, 0.2) is 0 Å². The van der Waals surface area contributed by atoms with E-state index in [0.29, 0.717) is 0 Å². The van der Waals surface area contributed by atoms with Gasteiger partial charge in [0.05, 0.1) is 5.03 Å². The van der Waals surface area contributed by atoms with Crippen molar-refractivity contribution in [3.8, 4) is 5.69 Å². The zero-order chi connectivity index (χ0) is 13.3. The third-order valence-corrected chi connectivity index (χ3v) is 3.90. The molecule has 0 amide bonds. The van der Waals surface area contributed by atoms with Gasteiger partial charge in [0, 0.05) is 21.8 Å². The van der Waals surface area contributed by atoms with Crippen molar-refractivity contribution in [2.24, 2.45) is 0 Å². The van der Waals surface area contributed by atoms with Crippen molar-refractivity contribution >= 4 is 23.4 Å². The van der Waals surface area contributed by atoms with Gasteiger partial charge in [-0.1, -0.05) is 32.4 Å². The van der Waals surface area contributed by atoms with Crippen LogP contribution in [0.2, 0.25) is 5.02 Å². The summed E-state index contributed by atoms with van der Waals surface area (Å²) in [6, 6.07) is 12.4. The van der Waals surface area contributed by atoms with E-state index >= 15 is 0 Å². The molecule has 0 unspecified atom stereocenters. The Morgan fingerprint density at radius 3 is 2.11 bits per heavy atom. The summed E-state index contributed by atoms with van der Waals surface area (Å²) in [6.07, 6.45) is 2.11. The van der Waals surface area contributed by atoms with E-state index in [-0.39, 0.29) is 5.41 Å². The third kappa shape index (κ3) is 2.60. The number of aromatic nitrogens is 1. The van der Waals surface area contributed by atoms with Gasteiger partial charge in [-0.05, 0) is 42.7 Å². The lowest BCUT2D eigenvalue weighted by Crippen LogP contribution is -2.17. The molecule has 2 aromatic rings. The Kier molecular flexibility index (Phi) is 3.79. The van der Waals surface area contributed by atoms with Gasteiger partial charge < -0.3 is 4.57 Å². The summed E-state index contributed by atoms with van der Waals surface area (Å²) in [7, 11) is 0. The van der Waals surface area contributed by atoms with Crippen molar-refractivity contribution in [2.75, 3.05) is 6.26 Å². The molecule has 0 aliphatic carbocycles. The molecule has 3 heteroatoms. The number of nitrogens with zero attached hydrogens (tertiary/aromatic N) is 1. The lowest BCUT2D eigenvalue weighted by atomic mass is 9.92. The number of thioether (sulfide) groups is 1. The Morgan fingerprint density at radius 2 is 1.61 bits per heavy atom. The van der Waals surface area contributed by atoms with Crippen LogP contribution in [0.5, 0.6) is 0 Å². The van der Waals surface area contributed by atoms with Crippen LogP contribution < -0.4 is 0 Å². The molecule has 0 fully saturated rings. The summed E-state index contributed by atoms with van der Waals surface area (Å²) in [4.78, 5) is 0. The quantitative estimate of drug-likeness (QED) is 0.688. The van der Waals surface area contributed by atoms with Crippen molar-refractivity contribution < 1.29 is 0 Å². The molecule has 1 nitrogen and oxygen atoms in total. The van der Waals surface area contributed by atoms with E-state index in [1.807, 2.05) is 12.1 Å². The van der Waals surface area contributed by atoms with Crippen molar-refractivity contribution in [1.82, 2.24) is 4.57 Å². The highest BCUT2D eigenvalue weighted by molar-refractivity contribution is 7.98. The first-order valence-corrected chi connectivity index (χ1v) is 7.56. The predicted octanol–water partition coefficient (Wildman–Crippen LogP) is 5.15. The summed E-state index contributed by atoms with van der Waals surface area (Å²) >= 11 is 7.72. The molecule has 96 valence electrons. The van der Waals surface area contributed by atoms with Gasteiger partial charge in [-0.25, -0.2) is 0 Å². The molecule has 1 heterocycles. The standard InChI is InChI=1S/C15H18ClNS/c1-15(2,3)13-9-10-14(18-4)17(13)12-7-5-11(16)6-8-12/h5-10H,1-4H3. The molecule has 0 aliphatic rings. The van der Waals surface area contributed by atoms with E-state index in [1.54, 1.807) is 11.8 Å². The molecule has 0 spiro atoms. The van der Waals surface area contributed by atoms with Gasteiger partial charge in [0.2, 0.25) is 0 Å². The molecule has 1 aromatic heterocycles. The molecule has 0 saturated carbocycles. The van der Waals surface area contributed by atoms with Crippen LogP contribution in [0, 0.1) is 0 Å². The summed E-state index contributed by atoms with van der Waals surface area (Å²) in [5.41, 5.74) is 2.60. The van der Waals surface area contributed by atoms with Crippen LogP contribution in [0.15, 0.2) is 41.4 Å². The second-order valence-corrected chi connectivity index (χ2v) is 6.59. The van der Waals surface area contributed by atoms with Gasteiger partial charge in [-0.3, -0.25) is 0 Å². The Balaban J connectivity index is 2.61. The number of benzene rings is 1. The average Bonchev–Trinajstić information content (AvgIpc) is 2.73. The van der Waals surface area contributed by atoms with Crippen molar-refractivity contribution in [1.29, 1.82) is 0 Å². The maximum atomic E-state index is 5.96. The van der Waals surface area contributed by atoms with Gasteiger partial charge in [0.25, 0.3) is 0 Å². The van der Waals surface area contributed by atoms with Crippen LogP contribution in [-0.2, 0) is 5.41 Å². The van der Waals surface area contributed by atoms with Crippen molar-refractivity contribution in [3.63, 3.8) is 0 Å². The SMILES string of the molecule is CSc1ccc(C(C)(C)C)n1-c1ccc(Cl)cc1. The molecule has 0 atom stereocenters. The Labute approximate surface area is 118 Å². The molecule has 0 bridgehead atoms. The first kappa shape index (κ1) is 13.6. The average molecular weight is 280 g/mol. The van der Waals surface area contributed by atoms with Crippen LogP contribution in [0.1, 0.15) is 26.5 Å². The van der Waals surface area contributed by atoms with E-state index in [9.17, 15) is 0 Å². The van der Waals surface area contributed by atoms with Gasteiger partial charge >= 0.3 is 0 Å². The zero-order valence-corrected chi connectivity index (χ0v) is 12.8. The second-order valence-electron chi connectivity index (χ2n) is 5.32. The van der Waals surface area contributed by atoms with Crippen molar-refractivity contribution in [2.45, 2.75) is 31.2 Å². The van der Waals surface area contributed by atoms with Crippen LogP contribution >= 0.6 is 23.4 Å². The highest BCUT2D eigenvalue weighted by Gasteiger charge is 2.21. The second kappa shape index (κ2) is 5.02. The largest absolute Gasteiger partial charge is 0.308 e. The lowest BCUT2D eigenvalue weighted by molar-refractivity contribution is 0.550. The third-order valence-electron chi connectivity index (χ3n) is 2.91. The number of hydrogen-bond acceptors (Lipinski definition) is 1. The Hall–Kier alpha value is -0.860.